The first-order chi connectivity index (χ1) is 7.76. The zero-order chi connectivity index (χ0) is 13.5. The fourth-order valence-electron chi connectivity index (χ4n) is 2.53. The molecular formula is C17H36. The zero-order valence-corrected chi connectivity index (χ0v) is 13.5. The van der Waals surface area contributed by atoms with Gasteiger partial charge >= 0.3 is 0 Å². The van der Waals surface area contributed by atoms with Gasteiger partial charge in [-0.05, 0) is 42.4 Å². The summed E-state index contributed by atoms with van der Waals surface area (Å²) in [5.41, 5.74) is 0.550. The Labute approximate surface area is 111 Å². The fraction of sp³-hybridized carbons (Fsp3) is 1.00. The highest BCUT2D eigenvalue weighted by Crippen LogP contribution is 2.33. The molecule has 0 nitrogen and oxygen atoms in total. The fourth-order valence-corrected chi connectivity index (χ4v) is 2.53. The second-order valence-electron chi connectivity index (χ2n) is 7.49. The van der Waals surface area contributed by atoms with Crippen molar-refractivity contribution in [1.29, 1.82) is 0 Å². The summed E-state index contributed by atoms with van der Waals surface area (Å²) in [4.78, 5) is 0. The second kappa shape index (κ2) is 8.16. The van der Waals surface area contributed by atoms with E-state index in [-0.39, 0.29) is 0 Å². The minimum atomic E-state index is 0.550. The van der Waals surface area contributed by atoms with Crippen LogP contribution >= 0.6 is 0 Å². The third kappa shape index (κ3) is 9.68. The quantitative estimate of drug-likeness (QED) is 0.443. The molecule has 0 heterocycles. The van der Waals surface area contributed by atoms with Crippen molar-refractivity contribution in [3.63, 3.8) is 0 Å². The van der Waals surface area contributed by atoms with E-state index in [1.165, 1.54) is 38.5 Å². The van der Waals surface area contributed by atoms with Crippen LogP contribution in [-0.2, 0) is 0 Å². The van der Waals surface area contributed by atoms with Crippen LogP contribution in [0.5, 0.6) is 0 Å². The van der Waals surface area contributed by atoms with Crippen LogP contribution in [0.15, 0.2) is 0 Å². The van der Waals surface area contributed by atoms with Gasteiger partial charge in [-0.15, -0.1) is 0 Å². The average Bonchev–Trinajstić information content (AvgIpc) is 2.22. The molecule has 0 saturated carbocycles. The monoisotopic (exact) mass is 240 g/mol. The molecule has 0 saturated heterocycles. The van der Waals surface area contributed by atoms with Gasteiger partial charge in [0.25, 0.3) is 0 Å². The van der Waals surface area contributed by atoms with Gasteiger partial charge in [-0.3, -0.25) is 0 Å². The van der Waals surface area contributed by atoms with Crippen LogP contribution in [0.1, 0.15) is 87.0 Å². The summed E-state index contributed by atoms with van der Waals surface area (Å²) in [5, 5.41) is 0. The van der Waals surface area contributed by atoms with Crippen molar-refractivity contribution in [2.75, 3.05) is 0 Å². The molecule has 2 atom stereocenters. The highest BCUT2D eigenvalue weighted by molar-refractivity contribution is 4.71. The number of hydrogen-bond donors (Lipinski definition) is 0. The van der Waals surface area contributed by atoms with Crippen LogP contribution in [0.4, 0.5) is 0 Å². The van der Waals surface area contributed by atoms with Gasteiger partial charge in [-0.25, -0.2) is 0 Å². The summed E-state index contributed by atoms with van der Waals surface area (Å²) in [5.74, 6) is 2.66. The van der Waals surface area contributed by atoms with E-state index in [0.29, 0.717) is 5.41 Å². The van der Waals surface area contributed by atoms with Crippen molar-refractivity contribution >= 4 is 0 Å². The van der Waals surface area contributed by atoms with Crippen molar-refractivity contribution in [2.45, 2.75) is 87.0 Å². The summed E-state index contributed by atoms with van der Waals surface area (Å²) in [6, 6.07) is 0. The lowest BCUT2D eigenvalue weighted by molar-refractivity contribution is 0.244. The molecule has 0 aromatic rings. The van der Waals surface area contributed by atoms with Crippen molar-refractivity contribution in [3.8, 4) is 0 Å². The zero-order valence-electron chi connectivity index (χ0n) is 13.5. The lowest BCUT2D eigenvalue weighted by Gasteiger charge is -2.28. The maximum absolute atomic E-state index is 2.46. The second-order valence-corrected chi connectivity index (χ2v) is 7.49. The Hall–Kier alpha value is 0. The lowest BCUT2D eigenvalue weighted by atomic mass is 9.78. The smallest absolute Gasteiger partial charge is 0.0354 e. The minimum Gasteiger partial charge on any atom is -0.0651 e. The molecule has 0 fully saturated rings. The molecule has 0 spiro atoms. The van der Waals surface area contributed by atoms with Gasteiger partial charge in [0.2, 0.25) is 0 Å². The highest BCUT2D eigenvalue weighted by Gasteiger charge is 2.19. The molecule has 0 rings (SSSR count). The van der Waals surface area contributed by atoms with Crippen LogP contribution in [0.2, 0.25) is 0 Å². The molecule has 2 unspecified atom stereocenters. The topological polar surface area (TPSA) is 0 Å². The third-order valence-electron chi connectivity index (χ3n) is 4.20. The molecule has 0 radical (unpaired) electrons. The van der Waals surface area contributed by atoms with E-state index in [0.717, 1.165) is 17.8 Å². The van der Waals surface area contributed by atoms with Crippen LogP contribution in [0.3, 0.4) is 0 Å². The summed E-state index contributed by atoms with van der Waals surface area (Å²) in [6.07, 6.45) is 8.34. The summed E-state index contributed by atoms with van der Waals surface area (Å²) in [7, 11) is 0. The van der Waals surface area contributed by atoms with Gasteiger partial charge in [0, 0.05) is 0 Å². The van der Waals surface area contributed by atoms with Crippen molar-refractivity contribution in [2.24, 2.45) is 23.2 Å². The molecule has 0 aliphatic heterocycles. The van der Waals surface area contributed by atoms with E-state index < -0.39 is 0 Å². The van der Waals surface area contributed by atoms with Gasteiger partial charge in [0.1, 0.15) is 0 Å². The highest BCUT2D eigenvalue weighted by atomic mass is 14.3. The molecule has 0 aliphatic carbocycles. The SMILES string of the molecule is CCC(C)CCC(C)(C)CCC(C)CC(C)C. The summed E-state index contributed by atoms with van der Waals surface area (Å²) >= 11 is 0. The Morgan fingerprint density at radius 2 is 1.29 bits per heavy atom. The van der Waals surface area contributed by atoms with E-state index in [1.54, 1.807) is 0 Å². The Morgan fingerprint density at radius 1 is 0.824 bits per heavy atom. The maximum Gasteiger partial charge on any atom is -0.0354 e. The van der Waals surface area contributed by atoms with Crippen LogP contribution in [-0.4, -0.2) is 0 Å². The van der Waals surface area contributed by atoms with Gasteiger partial charge < -0.3 is 0 Å². The Balaban J connectivity index is 3.84. The first-order valence-electron chi connectivity index (χ1n) is 7.76. The molecule has 0 aliphatic rings. The van der Waals surface area contributed by atoms with Crippen LogP contribution < -0.4 is 0 Å². The van der Waals surface area contributed by atoms with Crippen LogP contribution in [0, 0.1) is 23.2 Å². The number of rotatable bonds is 9. The average molecular weight is 240 g/mol. The molecule has 0 amide bonds. The van der Waals surface area contributed by atoms with E-state index in [1.807, 2.05) is 0 Å². The summed E-state index contributed by atoms with van der Waals surface area (Å²) < 4.78 is 0. The third-order valence-corrected chi connectivity index (χ3v) is 4.20. The van der Waals surface area contributed by atoms with E-state index in [9.17, 15) is 0 Å². The van der Waals surface area contributed by atoms with Crippen LogP contribution in [0.25, 0.3) is 0 Å². The standard InChI is InChI=1S/C17H36/c1-8-15(4)9-11-17(6,7)12-10-16(5)13-14(2)3/h14-16H,8-13H2,1-7H3. The predicted octanol–water partition coefficient (Wildman–Crippen LogP) is 6.30. The van der Waals surface area contributed by atoms with Gasteiger partial charge in [0.15, 0.2) is 0 Å². The Kier molecular flexibility index (Phi) is 8.16. The molecule has 0 aromatic carbocycles. The molecule has 0 heteroatoms. The molecule has 0 aromatic heterocycles. The van der Waals surface area contributed by atoms with Gasteiger partial charge in [-0.2, -0.15) is 0 Å². The molecule has 104 valence electrons. The Bertz CT molecular complexity index is 178. The number of hydrogen-bond acceptors (Lipinski definition) is 0. The maximum atomic E-state index is 2.46. The normalized spacial score (nSPS) is 16.2. The van der Waals surface area contributed by atoms with E-state index in [2.05, 4.69) is 48.5 Å². The van der Waals surface area contributed by atoms with E-state index in [4.69, 9.17) is 0 Å². The van der Waals surface area contributed by atoms with Crippen molar-refractivity contribution in [3.05, 3.63) is 0 Å². The molecule has 17 heavy (non-hydrogen) atoms. The Morgan fingerprint density at radius 3 is 1.71 bits per heavy atom. The first-order valence-corrected chi connectivity index (χ1v) is 7.76. The molecule has 0 bridgehead atoms. The largest absolute Gasteiger partial charge is 0.0651 e. The summed E-state index contributed by atoms with van der Waals surface area (Å²) in [6.45, 7) is 16.7. The van der Waals surface area contributed by atoms with E-state index >= 15 is 0 Å². The predicted molar refractivity (Wildman–Crippen MR) is 80.3 cm³/mol. The van der Waals surface area contributed by atoms with Gasteiger partial charge in [-0.1, -0.05) is 67.7 Å². The lowest BCUT2D eigenvalue weighted by Crippen LogP contribution is -2.15. The van der Waals surface area contributed by atoms with Gasteiger partial charge in [0.05, 0.1) is 0 Å². The minimum absolute atomic E-state index is 0.550. The van der Waals surface area contributed by atoms with Crippen molar-refractivity contribution in [1.82, 2.24) is 0 Å². The molecular weight excluding hydrogens is 204 g/mol. The first kappa shape index (κ1) is 17.0. The molecule has 0 N–H and O–H groups in total. The van der Waals surface area contributed by atoms with Crippen molar-refractivity contribution < 1.29 is 0 Å².